The Morgan fingerprint density at radius 1 is 1.21 bits per heavy atom. The highest BCUT2D eigenvalue weighted by Crippen LogP contribution is 2.20. The maximum absolute atomic E-state index is 12.7. The number of carbonyl (C=O) groups is 2. The Hall–Kier alpha value is -2.33. The second kappa shape index (κ2) is 11.7. The highest BCUT2D eigenvalue weighted by molar-refractivity contribution is 7.89. The summed E-state index contributed by atoms with van der Waals surface area (Å²) in [6.45, 7) is 9.52. The second-order valence-electron chi connectivity index (χ2n) is 9.26. The number of hydrogen-bond acceptors (Lipinski definition) is 6. The van der Waals surface area contributed by atoms with Gasteiger partial charge >= 0.3 is 6.09 Å². The molecule has 2 rings (SSSR count). The number of nitrogens with zero attached hydrogens (tertiary/aromatic N) is 2. The Kier molecular flexibility index (Phi) is 9.54. The molecule has 0 aromatic heterocycles. The predicted octanol–water partition coefficient (Wildman–Crippen LogP) is 2.86. The van der Waals surface area contributed by atoms with E-state index < -0.39 is 15.6 Å². The van der Waals surface area contributed by atoms with Crippen molar-refractivity contribution in [2.75, 3.05) is 39.8 Å². The fourth-order valence-electron chi connectivity index (χ4n) is 3.66. The molecule has 0 spiro atoms. The second-order valence-corrected chi connectivity index (χ2v) is 11.0. The van der Waals surface area contributed by atoms with Gasteiger partial charge in [0.15, 0.2) is 0 Å². The molecule has 1 aliphatic heterocycles. The van der Waals surface area contributed by atoms with Gasteiger partial charge in [0.25, 0.3) is 0 Å². The molecule has 1 aliphatic rings. The van der Waals surface area contributed by atoms with Crippen LogP contribution in [0.1, 0.15) is 47.0 Å². The van der Waals surface area contributed by atoms with E-state index in [1.807, 2.05) is 27.7 Å². The molecule has 10 heteroatoms. The van der Waals surface area contributed by atoms with Crippen molar-refractivity contribution in [2.45, 2.75) is 57.5 Å². The first kappa shape index (κ1) is 26.9. The van der Waals surface area contributed by atoms with Crippen LogP contribution in [0.4, 0.5) is 4.79 Å². The number of hydrogen-bond donors (Lipinski definition) is 1. The molecule has 0 aliphatic carbocycles. The van der Waals surface area contributed by atoms with Gasteiger partial charge in [0.1, 0.15) is 11.4 Å². The molecule has 1 fully saturated rings. The molecule has 1 aromatic carbocycles. The smallest absolute Gasteiger partial charge is 0.410 e. The van der Waals surface area contributed by atoms with Crippen LogP contribution < -0.4 is 9.46 Å². The molecule has 1 heterocycles. The van der Waals surface area contributed by atoms with E-state index in [-0.39, 0.29) is 35.8 Å². The molecule has 1 unspecified atom stereocenters. The average molecular weight is 484 g/mol. The fraction of sp³-hybridized carbons (Fsp3) is 0.652. The zero-order valence-corrected chi connectivity index (χ0v) is 21.1. The lowest BCUT2D eigenvalue weighted by molar-refractivity contribution is -0.132. The van der Waals surface area contributed by atoms with Gasteiger partial charge in [-0.25, -0.2) is 17.9 Å². The molecule has 33 heavy (non-hydrogen) atoms. The molecule has 9 nitrogen and oxygen atoms in total. The number of rotatable bonds is 9. The quantitative estimate of drug-likeness (QED) is 0.579. The fourth-order valence-corrected chi connectivity index (χ4v) is 4.69. The minimum atomic E-state index is -3.70. The van der Waals surface area contributed by atoms with Crippen LogP contribution in [0.3, 0.4) is 0 Å². The first-order valence-corrected chi connectivity index (χ1v) is 12.8. The standard InChI is InChI=1S/C23H37N3O6S/c1-6-31-19-9-11-20(12-10-19)33(29,30)24-14-13-21(27)26-15-7-8-18(17-26)16-25(5)22(28)32-23(2,3)4/h9-12,18,24H,6-8,13-17H2,1-5H3. The third-order valence-electron chi connectivity index (χ3n) is 5.18. The van der Waals surface area contributed by atoms with E-state index in [1.165, 1.54) is 12.1 Å². The molecule has 0 saturated carbocycles. The Labute approximate surface area is 197 Å². The minimum absolute atomic E-state index is 0.0212. The van der Waals surface area contributed by atoms with E-state index in [0.29, 0.717) is 32.0 Å². The SMILES string of the molecule is CCOc1ccc(S(=O)(=O)NCCC(=O)N2CCCC(CN(C)C(=O)OC(C)(C)C)C2)cc1. The molecule has 1 N–H and O–H groups in total. The summed E-state index contributed by atoms with van der Waals surface area (Å²) in [4.78, 5) is 28.3. The molecule has 0 radical (unpaired) electrons. The topological polar surface area (TPSA) is 105 Å². The Morgan fingerprint density at radius 2 is 1.88 bits per heavy atom. The summed E-state index contributed by atoms with van der Waals surface area (Å²) in [5.74, 6) is 0.651. The van der Waals surface area contributed by atoms with Gasteiger partial charge in [-0.1, -0.05) is 0 Å². The Balaban J connectivity index is 1.81. The molecule has 2 amide bonds. The summed E-state index contributed by atoms with van der Waals surface area (Å²) in [5.41, 5.74) is -0.557. The van der Waals surface area contributed by atoms with Gasteiger partial charge in [0, 0.05) is 39.6 Å². The van der Waals surface area contributed by atoms with Crippen LogP contribution in [-0.2, 0) is 19.6 Å². The number of ether oxygens (including phenoxy) is 2. The maximum atomic E-state index is 12.7. The normalized spacial score (nSPS) is 16.9. The number of benzene rings is 1. The third kappa shape index (κ3) is 8.85. The number of piperidine rings is 1. The number of carbonyl (C=O) groups excluding carboxylic acids is 2. The molecular weight excluding hydrogens is 446 g/mol. The van der Waals surface area contributed by atoms with Crippen LogP contribution >= 0.6 is 0 Å². The molecule has 1 atom stereocenters. The average Bonchev–Trinajstić information content (AvgIpc) is 2.73. The monoisotopic (exact) mass is 483 g/mol. The minimum Gasteiger partial charge on any atom is -0.494 e. The van der Waals surface area contributed by atoms with E-state index in [0.717, 1.165) is 12.8 Å². The highest BCUT2D eigenvalue weighted by atomic mass is 32.2. The van der Waals surface area contributed by atoms with Crippen molar-refractivity contribution < 1.29 is 27.5 Å². The van der Waals surface area contributed by atoms with Crippen LogP contribution in [0.5, 0.6) is 5.75 Å². The first-order valence-electron chi connectivity index (χ1n) is 11.4. The number of amides is 2. The van der Waals surface area contributed by atoms with Crippen LogP contribution in [-0.4, -0.2) is 75.7 Å². The van der Waals surface area contributed by atoms with Crippen molar-refractivity contribution in [1.82, 2.24) is 14.5 Å². The maximum Gasteiger partial charge on any atom is 0.410 e. The van der Waals surface area contributed by atoms with Crippen LogP contribution in [0.25, 0.3) is 0 Å². The van der Waals surface area contributed by atoms with E-state index in [4.69, 9.17) is 9.47 Å². The predicted molar refractivity (Wildman–Crippen MR) is 126 cm³/mol. The summed E-state index contributed by atoms with van der Waals surface area (Å²) < 4.78 is 38.1. The summed E-state index contributed by atoms with van der Waals surface area (Å²) in [7, 11) is -2.01. The van der Waals surface area contributed by atoms with Crippen molar-refractivity contribution in [3.05, 3.63) is 24.3 Å². The number of nitrogens with one attached hydrogen (secondary N) is 1. The van der Waals surface area contributed by atoms with Crippen molar-refractivity contribution in [3.63, 3.8) is 0 Å². The highest BCUT2D eigenvalue weighted by Gasteiger charge is 2.27. The number of sulfonamides is 1. The summed E-state index contributed by atoms with van der Waals surface area (Å²) in [6, 6.07) is 6.16. The van der Waals surface area contributed by atoms with Crippen molar-refractivity contribution in [2.24, 2.45) is 5.92 Å². The molecule has 0 bridgehead atoms. The lowest BCUT2D eigenvalue weighted by Crippen LogP contribution is -2.45. The molecule has 1 aromatic rings. The van der Waals surface area contributed by atoms with Gasteiger partial charge in [0.05, 0.1) is 11.5 Å². The molecule has 1 saturated heterocycles. The van der Waals surface area contributed by atoms with Crippen molar-refractivity contribution in [1.29, 1.82) is 0 Å². The summed E-state index contributed by atoms with van der Waals surface area (Å²) >= 11 is 0. The lowest BCUT2D eigenvalue weighted by Gasteiger charge is -2.35. The molecule has 186 valence electrons. The largest absolute Gasteiger partial charge is 0.494 e. The van der Waals surface area contributed by atoms with Gasteiger partial charge in [-0.15, -0.1) is 0 Å². The van der Waals surface area contributed by atoms with Gasteiger partial charge in [-0.05, 0) is 70.7 Å². The van der Waals surface area contributed by atoms with E-state index in [2.05, 4.69) is 4.72 Å². The van der Waals surface area contributed by atoms with Crippen molar-refractivity contribution in [3.8, 4) is 5.75 Å². The van der Waals surface area contributed by atoms with Crippen molar-refractivity contribution >= 4 is 22.0 Å². The van der Waals surface area contributed by atoms with Gasteiger partial charge < -0.3 is 19.3 Å². The van der Waals surface area contributed by atoms with Crippen LogP contribution in [0.15, 0.2) is 29.2 Å². The molecular formula is C23H37N3O6S. The number of likely N-dealkylation sites (tertiary alicyclic amines) is 1. The van der Waals surface area contributed by atoms with E-state index in [1.54, 1.807) is 29.0 Å². The van der Waals surface area contributed by atoms with Gasteiger partial charge in [-0.3, -0.25) is 4.79 Å². The van der Waals surface area contributed by atoms with Crippen LogP contribution in [0.2, 0.25) is 0 Å². The Morgan fingerprint density at radius 3 is 2.48 bits per heavy atom. The lowest BCUT2D eigenvalue weighted by atomic mass is 9.97. The Bertz CT molecular complexity index is 896. The summed E-state index contributed by atoms with van der Waals surface area (Å²) in [5, 5.41) is 0. The zero-order valence-electron chi connectivity index (χ0n) is 20.3. The third-order valence-corrected chi connectivity index (χ3v) is 6.66. The van der Waals surface area contributed by atoms with Gasteiger partial charge in [-0.2, -0.15) is 0 Å². The van der Waals surface area contributed by atoms with Gasteiger partial charge in [0.2, 0.25) is 15.9 Å². The first-order chi connectivity index (χ1) is 15.4. The van der Waals surface area contributed by atoms with E-state index >= 15 is 0 Å². The van der Waals surface area contributed by atoms with E-state index in [9.17, 15) is 18.0 Å². The zero-order chi connectivity index (χ0) is 24.6. The van der Waals surface area contributed by atoms with Crippen LogP contribution in [0, 0.1) is 5.92 Å². The summed E-state index contributed by atoms with van der Waals surface area (Å²) in [6.07, 6.45) is 1.46.